The van der Waals surface area contributed by atoms with Gasteiger partial charge in [0.2, 0.25) is 0 Å². The van der Waals surface area contributed by atoms with Crippen molar-refractivity contribution in [2.75, 3.05) is 29.9 Å². The quantitative estimate of drug-likeness (QED) is 0.233. The molecule has 4 rings (SSSR count). The van der Waals surface area contributed by atoms with Crippen LogP contribution in [-0.4, -0.2) is 19.6 Å². The lowest BCUT2D eigenvalue weighted by Crippen LogP contribution is -2.21. The maximum absolute atomic E-state index is 3.40. The molecule has 2 nitrogen and oxygen atoms in total. The fourth-order valence-electron chi connectivity index (χ4n) is 4.53. The summed E-state index contributed by atoms with van der Waals surface area (Å²) in [5.74, 6) is 0. The minimum absolute atomic E-state index is 0.912. The van der Waals surface area contributed by atoms with Gasteiger partial charge in [0.05, 0.1) is 0 Å². The van der Waals surface area contributed by atoms with Crippen LogP contribution in [0.2, 0.25) is 0 Å². The van der Waals surface area contributed by atoms with Crippen molar-refractivity contribution in [3.05, 3.63) is 144 Å². The summed E-state index contributed by atoms with van der Waals surface area (Å²) in [6.07, 6.45) is 4.53. The van der Waals surface area contributed by atoms with Crippen LogP contribution < -0.4 is 10.2 Å². The first-order chi connectivity index (χ1) is 17.7. The molecule has 0 amide bonds. The number of nitrogens with zero attached hydrogens (tertiary/aromatic N) is 1. The Morgan fingerprint density at radius 2 is 0.972 bits per heavy atom. The van der Waals surface area contributed by atoms with Crippen molar-refractivity contribution in [3.8, 4) is 0 Å². The number of anilines is 2. The number of hydrogen-bond donors (Lipinski definition) is 1. The second-order valence-electron chi connectivity index (χ2n) is 8.72. The highest BCUT2D eigenvalue weighted by atomic mass is 15.1. The van der Waals surface area contributed by atoms with Crippen molar-refractivity contribution in [2.24, 2.45) is 0 Å². The van der Waals surface area contributed by atoms with E-state index in [9.17, 15) is 0 Å². The number of benzene rings is 4. The van der Waals surface area contributed by atoms with Gasteiger partial charge in [0.15, 0.2) is 0 Å². The predicted octanol–water partition coefficient (Wildman–Crippen LogP) is 8.53. The van der Waals surface area contributed by atoms with Crippen LogP contribution in [0.1, 0.15) is 43.0 Å². The van der Waals surface area contributed by atoms with Crippen LogP contribution in [0.4, 0.5) is 11.4 Å². The van der Waals surface area contributed by atoms with Gasteiger partial charge in [-0.1, -0.05) is 97.1 Å². The normalized spacial score (nSPS) is 11.1. The van der Waals surface area contributed by atoms with Crippen molar-refractivity contribution in [1.29, 1.82) is 0 Å². The summed E-state index contributed by atoms with van der Waals surface area (Å²) >= 11 is 0. The minimum Gasteiger partial charge on any atom is -0.385 e. The molecule has 0 aliphatic rings. The molecule has 0 atom stereocenters. The molecule has 1 N–H and O–H groups in total. The van der Waals surface area contributed by atoms with E-state index >= 15 is 0 Å². The molecule has 182 valence electrons. The first kappa shape index (κ1) is 25.1. The largest absolute Gasteiger partial charge is 0.385 e. The molecule has 0 radical (unpaired) electrons. The molecule has 0 aliphatic carbocycles. The second-order valence-corrected chi connectivity index (χ2v) is 8.72. The molecule has 0 saturated heterocycles. The van der Waals surface area contributed by atoms with Crippen LogP contribution in [0.5, 0.6) is 0 Å². The predicted molar refractivity (Wildman–Crippen MR) is 158 cm³/mol. The topological polar surface area (TPSA) is 15.3 Å². The lowest BCUT2D eigenvalue weighted by Gasteiger charge is -2.21. The van der Waals surface area contributed by atoms with Gasteiger partial charge in [0, 0.05) is 31.0 Å². The molecular weight excluding hydrogens is 436 g/mol. The zero-order valence-electron chi connectivity index (χ0n) is 21.6. The Balaban J connectivity index is 1.82. The molecule has 4 aromatic rings. The number of allylic oxidation sites excluding steroid dienone is 2. The third kappa shape index (κ3) is 6.14. The lowest BCUT2D eigenvalue weighted by molar-refractivity contribution is 0.866. The number of rotatable bonds is 10. The summed E-state index contributed by atoms with van der Waals surface area (Å²) in [6, 6.07) is 39.0. The van der Waals surface area contributed by atoms with E-state index in [2.05, 4.69) is 152 Å². The van der Waals surface area contributed by atoms with E-state index in [1.807, 2.05) is 0 Å². The third-order valence-corrected chi connectivity index (χ3v) is 6.47. The monoisotopic (exact) mass is 472 g/mol. The molecule has 0 heterocycles. The van der Waals surface area contributed by atoms with Crippen molar-refractivity contribution in [1.82, 2.24) is 0 Å². The van der Waals surface area contributed by atoms with E-state index in [-0.39, 0.29) is 0 Å². The highest BCUT2D eigenvalue weighted by Crippen LogP contribution is 2.29. The highest BCUT2D eigenvalue weighted by molar-refractivity contribution is 5.86. The summed E-state index contributed by atoms with van der Waals surface area (Å²) in [7, 11) is 0. The molecule has 0 bridgehead atoms. The van der Waals surface area contributed by atoms with E-state index in [0.717, 1.165) is 25.3 Å². The molecule has 0 spiro atoms. The minimum atomic E-state index is 0.912. The van der Waals surface area contributed by atoms with Gasteiger partial charge in [-0.05, 0) is 78.4 Å². The van der Waals surface area contributed by atoms with Gasteiger partial charge in [-0.15, -0.1) is 0 Å². The van der Waals surface area contributed by atoms with E-state index in [4.69, 9.17) is 0 Å². The van der Waals surface area contributed by atoms with Gasteiger partial charge in [-0.3, -0.25) is 0 Å². The fourth-order valence-corrected chi connectivity index (χ4v) is 4.53. The lowest BCUT2D eigenvalue weighted by atomic mass is 9.93. The van der Waals surface area contributed by atoms with E-state index in [0.29, 0.717) is 0 Å². The Morgan fingerprint density at radius 3 is 1.39 bits per heavy atom. The number of nitrogens with one attached hydrogen (secondary N) is 1. The number of hydrogen-bond acceptors (Lipinski definition) is 2. The molecular formula is C34H36N2. The first-order valence-electron chi connectivity index (χ1n) is 13.0. The van der Waals surface area contributed by atoms with Gasteiger partial charge in [-0.2, -0.15) is 0 Å². The average Bonchev–Trinajstić information content (AvgIpc) is 2.94. The molecule has 0 unspecified atom stereocenters. The smallest absolute Gasteiger partial charge is 0.0366 e. The highest BCUT2D eigenvalue weighted by Gasteiger charge is 2.09. The molecule has 0 aliphatic heterocycles. The van der Waals surface area contributed by atoms with Gasteiger partial charge in [-0.25, -0.2) is 0 Å². The summed E-state index contributed by atoms with van der Waals surface area (Å²) in [4.78, 5) is 2.38. The van der Waals surface area contributed by atoms with Crippen LogP contribution in [0, 0.1) is 0 Å². The molecule has 2 heteroatoms. The van der Waals surface area contributed by atoms with Gasteiger partial charge >= 0.3 is 0 Å². The Labute approximate surface area is 216 Å². The molecule has 0 fully saturated rings. The SMILES string of the molecule is CCNc1ccc(C(=CC=C(c2ccccc2)c2ccccc2)c2ccc(N(CC)CC)cc2)cc1. The molecule has 4 aromatic carbocycles. The van der Waals surface area contributed by atoms with Crippen molar-refractivity contribution in [2.45, 2.75) is 20.8 Å². The second kappa shape index (κ2) is 12.6. The summed E-state index contributed by atoms with van der Waals surface area (Å²) in [6.45, 7) is 9.45. The van der Waals surface area contributed by atoms with Gasteiger partial charge in [0.25, 0.3) is 0 Å². The van der Waals surface area contributed by atoms with Crippen LogP contribution >= 0.6 is 0 Å². The van der Waals surface area contributed by atoms with Crippen LogP contribution in [0.15, 0.2) is 121 Å². The maximum atomic E-state index is 3.40. The third-order valence-electron chi connectivity index (χ3n) is 6.47. The summed E-state index contributed by atoms with van der Waals surface area (Å²) in [5, 5.41) is 3.40. The van der Waals surface area contributed by atoms with Crippen LogP contribution in [0.25, 0.3) is 11.1 Å². The van der Waals surface area contributed by atoms with Gasteiger partial charge < -0.3 is 10.2 Å². The summed E-state index contributed by atoms with van der Waals surface area (Å²) in [5.41, 5.74) is 9.63. The first-order valence-corrected chi connectivity index (χ1v) is 13.0. The van der Waals surface area contributed by atoms with Crippen molar-refractivity contribution in [3.63, 3.8) is 0 Å². The molecule has 0 saturated carbocycles. The van der Waals surface area contributed by atoms with E-state index in [1.54, 1.807) is 0 Å². The maximum Gasteiger partial charge on any atom is 0.0366 e. The van der Waals surface area contributed by atoms with Gasteiger partial charge in [0.1, 0.15) is 0 Å². The fraction of sp³-hybridized carbons (Fsp3) is 0.176. The zero-order valence-corrected chi connectivity index (χ0v) is 21.6. The standard InChI is InChI=1S/C34H36N2/c1-4-35-31-21-17-29(18-22-31)34(30-19-23-32(24-20-30)36(5-2)6-3)26-25-33(27-13-9-7-10-14-27)28-15-11-8-12-16-28/h7-26,35H,4-6H2,1-3H3. The van der Waals surface area contributed by atoms with Crippen molar-refractivity contribution < 1.29 is 0 Å². The Morgan fingerprint density at radius 1 is 0.556 bits per heavy atom. The summed E-state index contributed by atoms with van der Waals surface area (Å²) < 4.78 is 0. The Bertz CT molecular complexity index is 1220. The Kier molecular flexibility index (Phi) is 8.77. The van der Waals surface area contributed by atoms with Crippen LogP contribution in [-0.2, 0) is 0 Å². The van der Waals surface area contributed by atoms with Crippen LogP contribution in [0.3, 0.4) is 0 Å². The molecule has 0 aromatic heterocycles. The Hall–Kier alpha value is -4.04. The van der Waals surface area contributed by atoms with Crippen molar-refractivity contribution >= 4 is 22.5 Å². The zero-order chi connectivity index (χ0) is 25.2. The van der Waals surface area contributed by atoms with E-state index < -0.39 is 0 Å². The molecule has 36 heavy (non-hydrogen) atoms. The average molecular weight is 473 g/mol. The van der Waals surface area contributed by atoms with E-state index in [1.165, 1.54) is 39.1 Å².